The molecule has 21 heavy (non-hydrogen) atoms. The van der Waals surface area contributed by atoms with E-state index in [1.54, 1.807) is 11.3 Å². The molecule has 5 heteroatoms. The summed E-state index contributed by atoms with van der Waals surface area (Å²) in [6.07, 6.45) is 1.38. The lowest BCUT2D eigenvalue weighted by atomic mass is 10.2. The highest BCUT2D eigenvalue weighted by atomic mass is 32.1. The molecule has 3 rings (SSSR count). The normalized spacial score (nSPS) is 10.9. The molecular formula is C16H17N3OS. The van der Waals surface area contributed by atoms with Crippen molar-refractivity contribution in [3.63, 3.8) is 0 Å². The Morgan fingerprint density at radius 2 is 2.19 bits per heavy atom. The van der Waals surface area contributed by atoms with Gasteiger partial charge in [-0.1, -0.05) is 19.1 Å². The number of aromatic nitrogens is 2. The van der Waals surface area contributed by atoms with Gasteiger partial charge in [-0.2, -0.15) is 11.3 Å². The van der Waals surface area contributed by atoms with Crippen LogP contribution in [0.1, 0.15) is 18.9 Å². The number of amides is 1. The molecule has 0 aliphatic rings. The highest BCUT2D eigenvalue weighted by Crippen LogP contribution is 2.20. The van der Waals surface area contributed by atoms with Gasteiger partial charge in [0.2, 0.25) is 11.9 Å². The van der Waals surface area contributed by atoms with Crippen LogP contribution < -0.4 is 5.32 Å². The van der Waals surface area contributed by atoms with Gasteiger partial charge in [-0.05, 0) is 40.9 Å². The summed E-state index contributed by atoms with van der Waals surface area (Å²) in [7, 11) is 0. The minimum atomic E-state index is -0.0268. The molecule has 0 fully saturated rings. The van der Waals surface area contributed by atoms with Crippen molar-refractivity contribution in [2.45, 2.75) is 26.3 Å². The number of rotatable bonds is 5. The van der Waals surface area contributed by atoms with E-state index in [0.717, 1.165) is 29.6 Å². The summed E-state index contributed by atoms with van der Waals surface area (Å²) in [6.45, 7) is 2.96. The summed E-state index contributed by atoms with van der Waals surface area (Å²) in [4.78, 5) is 16.7. The number of carbonyl (C=O) groups excluding carboxylic acids is 1. The smallest absolute Gasteiger partial charge is 0.231 e. The average molecular weight is 299 g/mol. The zero-order valence-corrected chi connectivity index (χ0v) is 12.7. The Bertz CT molecular complexity index is 746. The van der Waals surface area contributed by atoms with E-state index >= 15 is 0 Å². The molecule has 1 amide bonds. The summed E-state index contributed by atoms with van der Waals surface area (Å²) in [5.41, 5.74) is 3.01. The van der Waals surface area contributed by atoms with Crippen molar-refractivity contribution in [3.8, 4) is 0 Å². The fourth-order valence-corrected chi connectivity index (χ4v) is 3.04. The van der Waals surface area contributed by atoms with Gasteiger partial charge in [-0.15, -0.1) is 0 Å². The molecule has 0 aliphatic heterocycles. The van der Waals surface area contributed by atoms with Gasteiger partial charge in [0.1, 0.15) is 0 Å². The number of thiophene rings is 1. The van der Waals surface area contributed by atoms with Gasteiger partial charge in [0.05, 0.1) is 17.5 Å². The predicted octanol–water partition coefficient (Wildman–Crippen LogP) is 3.69. The number of hydrogen-bond acceptors (Lipinski definition) is 3. The van der Waals surface area contributed by atoms with Crippen LogP contribution >= 0.6 is 11.3 Å². The van der Waals surface area contributed by atoms with Gasteiger partial charge in [-0.3, -0.25) is 10.1 Å². The number of para-hydroxylation sites is 2. The number of nitrogens with one attached hydrogen (secondary N) is 1. The number of aryl methyl sites for hydroxylation is 1. The molecular weight excluding hydrogens is 282 g/mol. The summed E-state index contributed by atoms with van der Waals surface area (Å²) in [6, 6.07) is 9.93. The minimum Gasteiger partial charge on any atom is -0.310 e. The van der Waals surface area contributed by atoms with Crippen molar-refractivity contribution in [1.82, 2.24) is 9.55 Å². The van der Waals surface area contributed by atoms with Gasteiger partial charge in [0.15, 0.2) is 0 Å². The zero-order valence-electron chi connectivity index (χ0n) is 11.9. The van der Waals surface area contributed by atoms with Crippen LogP contribution in [0.5, 0.6) is 0 Å². The third-order valence-electron chi connectivity index (χ3n) is 3.30. The van der Waals surface area contributed by atoms with E-state index in [9.17, 15) is 4.79 Å². The minimum absolute atomic E-state index is 0.0268. The molecule has 4 nitrogen and oxygen atoms in total. The summed E-state index contributed by atoms with van der Waals surface area (Å²) < 4.78 is 2.07. The Morgan fingerprint density at radius 1 is 1.33 bits per heavy atom. The first kappa shape index (κ1) is 13.8. The van der Waals surface area contributed by atoms with E-state index in [1.165, 1.54) is 0 Å². The molecule has 0 atom stereocenters. The molecule has 0 unspecified atom stereocenters. The molecule has 0 aliphatic carbocycles. The van der Waals surface area contributed by atoms with E-state index < -0.39 is 0 Å². The molecule has 0 saturated carbocycles. The molecule has 0 spiro atoms. The lowest BCUT2D eigenvalue weighted by Gasteiger charge is -2.08. The topological polar surface area (TPSA) is 46.9 Å². The van der Waals surface area contributed by atoms with Crippen molar-refractivity contribution in [2.24, 2.45) is 0 Å². The van der Waals surface area contributed by atoms with Crippen LogP contribution in [-0.4, -0.2) is 15.5 Å². The second-order valence-electron chi connectivity index (χ2n) is 4.93. The number of anilines is 1. The Morgan fingerprint density at radius 3 is 2.95 bits per heavy atom. The lowest BCUT2D eigenvalue weighted by Crippen LogP contribution is -2.17. The number of nitrogens with zero attached hydrogens (tertiary/aromatic N) is 2. The Hall–Kier alpha value is -2.14. The number of carbonyl (C=O) groups is 1. The Kier molecular flexibility index (Phi) is 4.01. The van der Waals surface area contributed by atoms with E-state index in [1.807, 2.05) is 41.1 Å². The van der Waals surface area contributed by atoms with Crippen LogP contribution in [-0.2, 0) is 17.8 Å². The van der Waals surface area contributed by atoms with Crippen LogP contribution in [0.2, 0.25) is 0 Å². The SMILES string of the molecule is CCCn1c(NC(=O)Cc2ccsc2)nc2ccccc21. The highest BCUT2D eigenvalue weighted by Gasteiger charge is 2.12. The maximum Gasteiger partial charge on any atom is 0.231 e. The van der Waals surface area contributed by atoms with E-state index in [2.05, 4.69) is 21.8 Å². The van der Waals surface area contributed by atoms with E-state index in [4.69, 9.17) is 0 Å². The molecule has 0 radical (unpaired) electrons. The molecule has 1 N–H and O–H groups in total. The number of benzene rings is 1. The quantitative estimate of drug-likeness (QED) is 0.781. The van der Waals surface area contributed by atoms with Crippen LogP contribution in [0, 0.1) is 0 Å². The molecule has 2 heterocycles. The number of imidazole rings is 1. The third kappa shape index (κ3) is 2.97. The van der Waals surface area contributed by atoms with Gasteiger partial charge in [-0.25, -0.2) is 4.98 Å². The molecule has 2 aromatic heterocycles. The van der Waals surface area contributed by atoms with Gasteiger partial charge in [0, 0.05) is 6.54 Å². The highest BCUT2D eigenvalue weighted by molar-refractivity contribution is 7.08. The Balaban J connectivity index is 1.85. The van der Waals surface area contributed by atoms with Crippen LogP contribution in [0.3, 0.4) is 0 Å². The molecule has 0 bridgehead atoms. The predicted molar refractivity (Wildman–Crippen MR) is 86.7 cm³/mol. The van der Waals surface area contributed by atoms with Crippen molar-refractivity contribution in [1.29, 1.82) is 0 Å². The van der Waals surface area contributed by atoms with E-state index in [-0.39, 0.29) is 5.91 Å². The maximum absolute atomic E-state index is 12.2. The molecule has 1 aromatic carbocycles. The zero-order chi connectivity index (χ0) is 14.7. The number of fused-ring (bicyclic) bond motifs is 1. The summed E-state index contributed by atoms with van der Waals surface area (Å²) in [5.74, 6) is 0.610. The van der Waals surface area contributed by atoms with E-state index in [0.29, 0.717) is 12.4 Å². The maximum atomic E-state index is 12.2. The number of hydrogen-bond donors (Lipinski definition) is 1. The lowest BCUT2D eigenvalue weighted by molar-refractivity contribution is -0.115. The average Bonchev–Trinajstić information content (AvgIpc) is 3.08. The largest absolute Gasteiger partial charge is 0.310 e. The van der Waals surface area contributed by atoms with Crippen molar-refractivity contribution < 1.29 is 4.79 Å². The fraction of sp³-hybridized carbons (Fsp3) is 0.250. The fourth-order valence-electron chi connectivity index (χ4n) is 2.37. The van der Waals surface area contributed by atoms with Crippen molar-refractivity contribution in [2.75, 3.05) is 5.32 Å². The molecule has 108 valence electrons. The van der Waals surface area contributed by atoms with Crippen LogP contribution in [0.25, 0.3) is 11.0 Å². The first-order chi connectivity index (χ1) is 10.3. The first-order valence-electron chi connectivity index (χ1n) is 7.04. The van der Waals surface area contributed by atoms with Crippen LogP contribution in [0.15, 0.2) is 41.1 Å². The molecule has 3 aromatic rings. The second-order valence-corrected chi connectivity index (χ2v) is 5.71. The third-order valence-corrected chi connectivity index (χ3v) is 4.03. The molecule has 0 saturated heterocycles. The summed E-state index contributed by atoms with van der Waals surface area (Å²) >= 11 is 1.60. The van der Waals surface area contributed by atoms with Gasteiger partial charge < -0.3 is 4.57 Å². The monoisotopic (exact) mass is 299 g/mol. The van der Waals surface area contributed by atoms with Crippen molar-refractivity contribution >= 4 is 34.2 Å². The van der Waals surface area contributed by atoms with Crippen molar-refractivity contribution in [3.05, 3.63) is 46.7 Å². The Labute approximate surface area is 127 Å². The summed E-state index contributed by atoms with van der Waals surface area (Å²) in [5, 5.41) is 6.92. The second kappa shape index (κ2) is 6.10. The first-order valence-corrected chi connectivity index (χ1v) is 7.98. The van der Waals surface area contributed by atoms with Crippen LogP contribution in [0.4, 0.5) is 5.95 Å². The standard InChI is InChI=1S/C16H17N3OS/c1-2-8-19-14-6-4-3-5-13(14)17-16(19)18-15(20)10-12-7-9-21-11-12/h3-7,9,11H,2,8,10H2,1H3,(H,17,18,20). The van der Waals surface area contributed by atoms with Gasteiger partial charge in [0.25, 0.3) is 0 Å². The van der Waals surface area contributed by atoms with Gasteiger partial charge >= 0.3 is 0 Å².